The third-order valence-corrected chi connectivity index (χ3v) is 3.17. The molecule has 1 aromatic rings. The van der Waals surface area contributed by atoms with E-state index in [-0.39, 0.29) is 12.9 Å². The van der Waals surface area contributed by atoms with Crippen molar-refractivity contribution < 1.29 is 14.2 Å². The molecule has 1 fully saturated rings. The van der Waals surface area contributed by atoms with E-state index in [1.165, 1.54) is 0 Å². The minimum absolute atomic E-state index is 0.00394. The molecule has 0 aromatic heterocycles. The second kappa shape index (κ2) is 4.13. The summed E-state index contributed by atoms with van der Waals surface area (Å²) >= 11 is 6.27. The fourth-order valence-electron chi connectivity index (χ4n) is 1.97. The Balaban J connectivity index is 1.95. The predicted octanol–water partition coefficient (Wildman–Crippen LogP) is 1.73. The van der Waals surface area contributed by atoms with E-state index < -0.39 is 0 Å². The number of fused-ring (bicyclic) bond motifs is 1. The summed E-state index contributed by atoms with van der Waals surface area (Å²) < 4.78 is 16.3. The Morgan fingerprint density at radius 1 is 1.31 bits per heavy atom. The summed E-state index contributed by atoms with van der Waals surface area (Å²) in [5.41, 5.74) is 0.957. The van der Waals surface area contributed by atoms with Crippen LogP contribution in [-0.4, -0.2) is 26.5 Å². The van der Waals surface area contributed by atoms with Gasteiger partial charge in [0.2, 0.25) is 6.79 Å². The van der Waals surface area contributed by atoms with Crippen molar-refractivity contribution in [2.75, 3.05) is 26.5 Å². The maximum atomic E-state index is 6.27. The number of morpholine rings is 1. The van der Waals surface area contributed by atoms with Crippen LogP contribution in [0.3, 0.4) is 0 Å². The van der Waals surface area contributed by atoms with Gasteiger partial charge in [-0.05, 0) is 6.07 Å². The van der Waals surface area contributed by atoms with Gasteiger partial charge in [0.25, 0.3) is 0 Å². The second-order valence-electron chi connectivity index (χ2n) is 3.77. The number of benzene rings is 1. The molecule has 16 heavy (non-hydrogen) atoms. The molecule has 4 nitrogen and oxygen atoms in total. The Morgan fingerprint density at radius 3 is 3.06 bits per heavy atom. The summed E-state index contributed by atoms with van der Waals surface area (Å²) in [6.45, 7) is 2.61. The summed E-state index contributed by atoms with van der Waals surface area (Å²) in [6.07, 6.45) is -0.00394. The maximum absolute atomic E-state index is 6.27. The van der Waals surface area contributed by atoms with Crippen LogP contribution in [0.5, 0.6) is 11.5 Å². The molecule has 0 amide bonds. The summed E-state index contributed by atoms with van der Waals surface area (Å²) in [4.78, 5) is 0. The lowest BCUT2D eigenvalue weighted by atomic mass is 10.1. The second-order valence-corrected chi connectivity index (χ2v) is 4.14. The molecule has 3 rings (SSSR count). The molecule has 5 heteroatoms. The van der Waals surface area contributed by atoms with Crippen molar-refractivity contribution >= 4 is 11.6 Å². The van der Waals surface area contributed by atoms with Crippen LogP contribution in [0.1, 0.15) is 11.7 Å². The SMILES string of the molecule is Clc1c(C2CNCCO2)ccc2c1OCO2. The molecule has 86 valence electrons. The van der Waals surface area contributed by atoms with Gasteiger partial charge in [-0.2, -0.15) is 0 Å². The lowest BCUT2D eigenvalue weighted by molar-refractivity contribution is 0.0276. The number of halogens is 1. The minimum Gasteiger partial charge on any atom is -0.454 e. The first kappa shape index (κ1) is 10.2. The zero-order valence-electron chi connectivity index (χ0n) is 8.66. The Bertz CT molecular complexity index is 404. The lowest BCUT2D eigenvalue weighted by Crippen LogP contribution is -2.33. The predicted molar refractivity (Wildman–Crippen MR) is 59.1 cm³/mol. The van der Waals surface area contributed by atoms with Crippen LogP contribution in [0.15, 0.2) is 12.1 Å². The first-order valence-electron chi connectivity index (χ1n) is 5.26. The largest absolute Gasteiger partial charge is 0.454 e. The van der Waals surface area contributed by atoms with Gasteiger partial charge >= 0.3 is 0 Å². The van der Waals surface area contributed by atoms with E-state index in [0.717, 1.165) is 18.7 Å². The Hall–Kier alpha value is -0.970. The highest BCUT2D eigenvalue weighted by Gasteiger charge is 2.25. The van der Waals surface area contributed by atoms with Gasteiger partial charge in [0, 0.05) is 18.7 Å². The zero-order chi connectivity index (χ0) is 11.0. The van der Waals surface area contributed by atoms with Crippen LogP contribution < -0.4 is 14.8 Å². The number of ether oxygens (including phenoxy) is 3. The van der Waals surface area contributed by atoms with Gasteiger partial charge in [0.15, 0.2) is 11.5 Å². The van der Waals surface area contributed by atoms with Crippen molar-refractivity contribution in [3.63, 3.8) is 0 Å². The van der Waals surface area contributed by atoms with Crippen LogP contribution >= 0.6 is 11.6 Å². The number of hydrogen-bond acceptors (Lipinski definition) is 4. The molecular formula is C11H12ClNO3. The number of hydrogen-bond donors (Lipinski definition) is 1. The minimum atomic E-state index is -0.00394. The molecule has 0 aliphatic carbocycles. The topological polar surface area (TPSA) is 39.7 Å². The first-order valence-corrected chi connectivity index (χ1v) is 5.64. The molecule has 1 saturated heterocycles. The third-order valence-electron chi connectivity index (χ3n) is 2.78. The summed E-state index contributed by atoms with van der Waals surface area (Å²) in [6, 6.07) is 3.81. The van der Waals surface area contributed by atoms with Gasteiger partial charge in [-0.3, -0.25) is 0 Å². The zero-order valence-corrected chi connectivity index (χ0v) is 9.42. The van der Waals surface area contributed by atoms with Gasteiger partial charge < -0.3 is 19.5 Å². The van der Waals surface area contributed by atoms with Crippen LogP contribution in [0, 0.1) is 0 Å². The van der Waals surface area contributed by atoms with Gasteiger partial charge in [0.05, 0.1) is 17.7 Å². The number of rotatable bonds is 1. The monoisotopic (exact) mass is 241 g/mol. The van der Waals surface area contributed by atoms with E-state index in [4.69, 9.17) is 25.8 Å². The fraction of sp³-hybridized carbons (Fsp3) is 0.455. The van der Waals surface area contributed by atoms with E-state index >= 15 is 0 Å². The van der Waals surface area contributed by atoms with Gasteiger partial charge in [-0.15, -0.1) is 0 Å². The molecule has 1 atom stereocenters. The normalized spacial score (nSPS) is 23.4. The standard InChI is InChI=1S/C11H12ClNO3/c12-10-7(9-5-13-3-4-14-9)1-2-8-11(10)16-6-15-8/h1-2,9,13H,3-6H2. The number of nitrogens with one attached hydrogen (secondary N) is 1. The van der Waals surface area contributed by atoms with Crippen molar-refractivity contribution in [3.8, 4) is 11.5 Å². The van der Waals surface area contributed by atoms with Crippen LogP contribution in [0.25, 0.3) is 0 Å². The Morgan fingerprint density at radius 2 is 2.25 bits per heavy atom. The highest BCUT2D eigenvalue weighted by Crippen LogP contribution is 2.43. The molecule has 0 radical (unpaired) electrons. The van der Waals surface area contributed by atoms with Crippen molar-refractivity contribution in [2.24, 2.45) is 0 Å². The van der Waals surface area contributed by atoms with Crippen molar-refractivity contribution in [3.05, 3.63) is 22.7 Å². The molecule has 1 aromatic carbocycles. The quantitative estimate of drug-likeness (QED) is 0.813. The third kappa shape index (κ3) is 1.63. The maximum Gasteiger partial charge on any atom is 0.231 e. The van der Waals surface area contributed by atoms with Crippen molar-refractivity contribution in [1.82, 2.24) is 5.32 Å². The molecule has 1 unspecified atom stereocenters. The van der Waals surface area contributed by atoms with E-state index in [1.54, 1.807) is 0 Å². The van der Waals surface area contributed by atoms with Crippen molar-refractivity contribution in [1.29, 1.82) is 0 Å². The average Bonchev–Trinajstić information content (AvgIpc) is 2.80. The fourth-order valence-corrected chi connectivity index (χ4v) is 2.30. The first-order chi connectivity index (χ1) is 7.86. The molecule has 2 aliphatic rings. The van der Waals surface area contributed by atoms with E-state index in [1.807, 2.05) is 12.1 Å². The molecule has 0 spiro atoms. The highest BCUT2D eigenvalue weighted by molar-refractivity contribution is 6.33. The van der Waals surface area contributed by atoms with E-state index in [0.29, 0.717) is 23.1 Å². The van der Waals surface area contributed by atoms with Gasteiger partial charge in [0.1, 0.15) is 0 Å². The summed E-state index contributed by atoms with van der Waals surface area (Å²) in [5.74, 6) is 1.34. The van der Waals surface area contributed by atoms with Gasteiger partial charge in [-0.25, -0.2) is 0 Å². The van der Waals surface area contributed by atoms with Crippen LogP contribution in [-0.2, 0) is 4.74 Å². The Labute approximate surface area is 98.4 Å². The van der Waals surface area contributed by atoms with Crippen LogP contribution in [0.2, 0.25) is 5.02 Å². The summed E-state index contributed by atoms with van der Waals surface area (Å²) in [5, 5.41) is 3.87. The average molecular weight is 242 g/mol. The van der Waals surface area contributed by atoms with Crippen LogP contribution in [0.4, 0.5) is 0 Å². The molecular weight excluding hydrogens is 230 g/mol. The van der Waals surface area contributed by atoms with E-state index in [2.05, 4.69) is 5.32 Å². The van der Waals surface area contributed by atoms with Crippen molar-refractivity contribution in [2.45, 2.75) is 6.10 Å². The highest BCUT2D eigenvalue weighted by atomic mass is 35.5. The summed E-state index contributed by atoms with van der Waals surface area (Å²) in [7, 11) is 0. The molecule has 0 bridgehead atoms. The molecule has 0 saturated carbocycles. The van der Waals surface area contributed by atoms with E-state index in [9.17, 15) is 0 Å². The smallest absolute Gasteiger partial charge is 0.231 e. The Kier molecular flexibility index (Phi) is 2.63. The molecule has 1 N–H and O–H groups in total. The van der Waals surface area contributed by atoms with Gasteiger partial charge in [-0.1, -0.05) is 17.7 Å². The lowest BCUT2D eigenvalue weighted by Gasteiger charge is -2.24. The molecule has 2 heterocycles. The molecule has 2 aliphatic heterocycles.